The monoisotopic (exact) mass is 1600 g/mol. The number of pyridine rings is 4. The lowest BCUT2D eigenvalue weighted by molar-refractivity contribution is 0.769. The minimum atomic E-state index is -0.493. The van der Waals surface area contributed by atoms with Crippen LogP contribution in [0.3, 0.4) is 0 Å². The number of rotatable bonds is 10. The molecule has 4 nitrogen and oxygen atoms in total. The van der Waals surface area contributed by atoms with E-state index < -0.39 is 10.8 Å². The predicted octanol–water partition coefficient (Wildman–Crippen LogP) is 31.2. The number of hydrogen-bond acceptors (Lipinski definition) is 4. The van der Waals surface area contributed by atoms with Gasteiger partial charge in [-0.05, 0) is 204 Å². The normalized spacial score (nSPS) is 12.9. The van der Waals surface area contributed by atoms with E-state index in [-0.39, 0.29) is 0 Å². The molecule has 2 aliphatic rings. The highest BCUT2D eigenvalue weighted by Crippen LogP contribution is 2.60. The number of fused-ring (bicyclic) bond motifs is 18. The summed E-state index contributed by atoms with van der Waals surface area (Å²) in [6.07, 6.45) is 0. The second-order valence-electron chi connectivity index (χ2n) is 33.6. The maximum Gasteiger partial charge on any atom is 0.0978 e. The molecule has 4 heterocycles. The molecule has 4 aromatic heterocycles. The lowest BCUT2D eigenvalue weighted by atomic mass is 9.67. The Kier molecular flexibility index (Phi) is 16.8. The Balaban J connectivity index is 0.000000137. The molecule has 2 aliphatic carbocycles. The Bertz CT molecular complexity index is 8430. The highest BCUT2D eigenvalue weighted by atomic mass is 14.8. The molecule has 0 unspecified atom stereocenters. The quantitative estimate of drug-likeness (QED) is 0.101. The first-order valence-corrected chi connectivity index (χ1v) is 43.5. The zero-order valence-corrected chi connectivity index (χ0v) is 68.7. The lowest BCUT2D eigenvalue weighted by Crippen LogP contribution is -2.28. The summed E-state index contributed by atoms with van der Waals surface area (Å²) >= 11 is 0. The molecule has 24 aromatic rings. The molecule has 0 saturated carbocycles. The first-order chi connectivity index (χ1) is 62.5. The summed E-state index contributed by atoms with van der Waals surface area (Å²) < 4.78 is 0. The maximum atomic E-state index is 5.61. The largest absolute Gasteiger partial charge is 0.245 e. The van der Waals surface area contributed by atoms with Crippen LogP contribution in [-0.2, 0) is 10.8 Å². The molecule has 26 rings (SSSR count). The molecule has 0 aliphatic heterocycles. The summed E-state index contributed by atoms with van der Waals surface area (Å²) in [6.45, 7) is 0. The summed E-state index contributed by atoms with van der Waals surface area (Å²) in [5.74, 6) is 0. The molecule has 584 valence electrons. The zero-order chi connectivity index (χ0) is 83.0. The fraction of sp³-hybridized carbons (Fsp3) is 0.0164. The third-order valence-electron chi connectivity index (χ3n) is 27.0. The van der Waals surface area contributed by atoms with Gasteiger partial charge in [0, 0.05) is 54.6 Å². The van der Waals surface area contributed by atoms with Crippen LogP contribution in [0.1, 0.15) is 44.5 Å². The van der Waals surface area contributed by atoms with Gasteiger partial charge in [-0.3, -0.25) is 0 Å². The molecular weight excluding hydrogens is 1520 g/mol. The van der Waals surface area contributed by atoms with E-state index in [9.17, 15) is 0 Å². The highest BCUT2D eigenvalue weighted by Gasteiger charge is 2.48. The maximum absolute atomic E-state index is 5.61. The molecule has 0 atom stereocenters. The third kappa shape index (κ3) is 11.3. The summed E-state index contributed by atoms with van der Waals surface area (Å²) in [4.78, 5) is 21.5. The van der Waals surface area contributed by atoms with Crippen LogP contribution in [-0.4, -0.2) is 19.9 Å². The molecular formula is C122H76N4. The van der Waals surface area contributed by atoms with Crippen molar-refractivity contribution in [2.45, 2.75) is 10.8 Å². The molecule has 20 aromatic carbocycles. The van der Waals surface area contributed by atoms with Crippen LogP contribution < -0.4 is 0 Å². The van der Waals surface area contributed by atoms with E-state index in [1.54, 1.807) is 0 Å². The molecule has 4 heteroatoms. The van der Waals surface area contributed by atoms with E-state index in [4.69, 9.17) is 19.9 Å². The van der Waals surface area contributed by atoms with Crippen molar-refractivity contribution in [1.82, 2.24) is 19.9 Å². The van der Waals surface area contributed by atoms with Crippen LogP contribution in [0.2, 0.25) is 0 Å². The molecule has 0 spiro atoms. The Morgan fingerprint density at radius 3 is 0.937 bits per heavy atom. The standard InChI is InChI=1S/2C61H38N2/c1-4-18-39(19-5-1)56-50-29-15-17-31-54(50)62-60-51(56)36-32-40-34-37-55(63-59(40)60)58-48-27-12-10-25-46(48)57(47-26-11-13-28-49(47)58)41-33-35-45-44-24-14-16-30-52(44)61(53(45)38-41,42-20-6-2-7-21-42)43-22-8-3-9-23-43;1-4-14-39(15-5-1)58-52-21-11-13-23-57(52)63-60-53(58)32-28-40-30-33-56(62-59(40)60)45-27-26-43-35-46-34-41(24-25-42(46)36-47(43)37-45)44-29-31-51-50-20-10-12-22-54(50)61(55(51)38-44,48-16-6-2-7-17-48)49-18-8-3-9-19-49/h2*1-38H. The van der Waals surface area contributed by atoms with Crippen LogP contribution >= 0.6 is 0 Å². The first kappa shape index (κ1) is 72.4. The van der Waals surface area contributed by atoms with Crippen molar-refractivity contribution in [3.8, 4) is 89.3 Å². The molecule has 0 amide bonds. The first-order valence-electron chi connectivity index (χ1n) is 43.5. The minimum Gasteiger partial charge on any atom is -0.245 e. The summed E-state index contributed by atoms with van der Waals surface area (Å²) in [5, 5.41) is 16.2. The average molecular weight is 1600 g/mol. The van der Waals surface area contributed by atoms with Crippen molar-refractivity contribution < 1.29 is 0 Å². The summed E-state index contributed by atoms with van der Waals surface area (Å²) in [6, 6.07) is 168. The number of aromatic nitrogens is 4. The molecule has 0 fully saturated rings. The fourth-order valence-electron chi connectivity index (χ4n) is 21.5. The van der Waals surface area contributed by atoms with Gasteiger partial charge >= 0.3 is 0 Å². The van der Waals surface area contributed by atoms with Gasteiger partial charge in [0.1, 0.15) is 0 Å². The zero-order valence-electron chi connectivity index (χ0n) is 68.7. The second-order valence-corrected chi connectivity index (χ2v) is 33.6. The van der Waals surface area contributed by atoms with Gasteiger partial charge in [0.05, 0.1) is 55.3 Å². The van der Waals surface area contributed by atoms with Crippen LogP contribution in [0, 0.1) is 0 Å². The number of benzene rings is 20. The van der Waals surface area contributed by atoms with Gasteiger partial charge < -0.3 is 0 Å². The van der Waals surface area contributed by atoms with E-state index in [0.29, 0.717) is 0 Å². The average Bonchev–Trinajstić information content (AvgIpc) is 1.52. The van der Waals surface area contributed by atoms with Crippen molar-refractivity contribution in [1.29, 1.82) is 0 Å². The predicted molar refractivity (Wildman–Crippen MR) is 526 cm³/mol. The van der Waals surface area contributed by atoms with E-state index >= 15 is 0 Å². The number of para-hydroxylation sites is 2. The summed E-state index contributed by atoms with van der Waals surface area (Å²) in [5.41, 5.74) is 33.8. The van der Waals surface area contributed by atoms with Crippen LogP contribution in [0.25, 0.3) is 198 Å². The molecule has 0 bridgehead atoms. The van der Waals surface area contributed by atoms with Crippen molar-refractivity contribution in [3.63, 3.8) is 0 Å². The topological polar surface area (TPSA) is 51.6 Å². The van der Waals surface area contributed by atoms with Crippen LogP contribution in [0.15, 0.2) is 461 Å². The molecule has 0 N–H and O–H groups in total. The van der Waals surface area contributed by atoms with Gasteiger partial charge in [0.15, 0.2) is 0 Å². The number of nitrogens with zero attached hydrogens (tertiary/aromatic N) is 4. The molecule has 126 heavy (non-hydrogen) atoms. The second kappa shape index (κ2) is 29.2. The molecule has 0 saturated heterocycles. The lowest BCUT2D eigenvalue weighted by Gasteiger charge is -2.34. The van der Waals surface area contributed by atoms with Gasteiger partial charge in [-0.25, -0.2) is 19.9 Å². The Morgan fingerprint density at radius 1 is 0.151 bits per heavy atom. The Labute approximate surface area is 729 Å². The number of hydrogen-bond donors (Lipinski definition) is 0. The van der Waals surface area contributed by atoms with Gasteiger partial charge in [-0.2, -0.15) is 0 Å². The van der Waals surface area contributed by atoms with Crippen molar-refractivity contribution in [2.24, 2.45) is 0 Å². The van der Waals surface area contributed by atoms with E-state index in [2.05, 4.69) is 461 Å². The highest BCUT2D eigenvalue weighted by molar-refractivity contribution is 6.23. The SMILES string of the molecule is c1ccc(-c2c3ccccc3nc3c2ccc2ccc(-c4c5ccccc5c(-c5ccc6c(c5)C(c5ccccc5)(c5ccccc5)c5ccccc5-6)c5ccccc45)nc23)cc1.c1ccc(-c2c3ccccc3nc3c2ccc2ccc(-c4ccc5cc6cc(-c7ccc8c(c7)C(c7ccccc7)(c7ccccc7)c7ccccc7-8)ccc6cc5c4)nc23)cc1. The smallest absolute Gasteiger partial charge is 0.0978 e. The van der Waals surface area contributed by atoms with Crippen molar-refractivity contribution >= 4 is 109 Å². The van der Waals surface area contributed by atoms with Crippen molar-refractivity contribution in [3.05, 3.63) is 506 Å². The van der Waals surface area contributed by atoms with Gasteiger partial charge in [0.2, 0.25) is 0 Å². The third-order valence-corrected chi connectivity index (χ3v) is 27.0. The van der Waals surface area contributed by atoms with E-state index in [1.165, 1.54) is 154 Å². The van der Waals surface area contributed by atoms with Gasteiger partial charge in [0.25, 0.3) is 0 Å². The van der Waals surface area contributed by atoms with E-state index in [0.717, 1.165) is 87.9 Å². The van der Waals surface area contributed by atoms with Crippen molar-refractivity contribution in [2.75, 3.05) is 0 Å². The van der Waals surface area contributed by atoms with Crippen LogP contribution in [0.5, 0.6) is 0 Å². The Hall–Kier alpha value is -16.4. The Morgan fingerprint density at radius 2 is 0.468 bits per heavy atom. The molecule has 0 radical (unpaired) electrons. The minimum absolute atomic E-state index is 0.432. The van der Waals surface area contributed by atoms with Crippen LogP contribution in [0.4, 0.5) is 0 Å². The fourth-order valence-corrected chi connectivity index (χ4v) is 21.5. The van der Waals surface area contributed by atoms with Gasteiger partial charge in [-0.1, -0.05) is 400 Å². The summed E-state index contributed by atoms with van der Waals surface area (Å²) in [7, 11) is 0. The van der Waals surface area contributed by atoms with Gasteiger partial charge in [-0.15, -0.1) is 0 Å². The van der Waals surface area contributed by atoms with E-state index in [1.807, 2.05) is 0 Å².